The molecular formula is C42H36Cl2IN3O8. The van der Waals surface area contributed by atoms with Crippen molar-refractivity contribution in [3.63, 3.8) is 0 Å². The zero-order chi connectivity index (χ0) is 39.6. The normalized spacial score (nSPS) is 25.4. The van der Waals surface area contributed by atoms with E-state index in [9.17, 15) is 24.6 Å². The van der Waals surface area contributed by atoms with Gasteiger partial charge in [0.15, 0.2) is 11.5 Å². The Morgan fingerprint density at radius 2 is 1.61 bits per heavy atom. The number of benzene rings is 4. The van der Waals surface area contributed by atoms with E-state index in [1.54, 1.807) is 72.8 Å². The topological polar surface area (TPSA) is 146 Å². The van der Waals surface area contributed by atoms with Crippen molar-refractivity contribution in [2.24, 2.45) is 23.7 Å². The molecule has 2 saturated heterocycles. The first kappa shape index (κ1) is 38.1. The van der Waals surface area contributed by atoms with Crippen LogP contribution in [0.4, 0.5) is 5.69 Å². The zero-order valence-electron chi connectivity index (χ0n) is 30.2. The van der Waals surface area contributed by atoms with Gasteiger partial charge in [-0.1, -0.05) is 59.1 Å². The molecule has 11 nitrogen and oxygen atoms in total. The average molecular weight is 909 g/mol. The van der Waals surface area contributed by atoms with Gasteiger partial charge in [-0.3, -0.25) is 29.5 Å². The van der Waals surface area contributed by atoms with Crippen molar-refractivity contribution in [2.45, 2.75) is 30.6 Å². The lowest BCUT2D eigenvalue weighted by atomic mass is 9.49. The highest BCUT2D eigenvalue weighted by atomic mass is 127. The summed E-state index contributed by atoms with van der Waals surface area (Å²) in [6.07, 6.45) is 2.74. The Morgan fingerprint density at radius 3 is 2.29 bits per heavy atom. The number of hydrazine groups is 1. The maximum absolute atomic E-state index is 15.5. The van der Waals surface area contributed by atoms with Gasteiger partial charge in [-0.2, -0.15) is 5.01 Å². The monoisotopic (exact) mass is 907 g/mol. The Balaban J connectivity index is 1.29. The molecule has 4 aromatic rings. The number of hydrogen-bond donors (Lipinski definition) is 3. The number of imide groups is 2. The minimum Gasteiger partial charge on any atom is -0.508 e. The number of ether oxygens (including phenoxy) is 2. The third kappa shape index (κ3) is 5.99. The molecule has 3 N–H and O–H groups in total. The van der Waals surface area contributed by atoms with Gasteiger partial charge in [0.05, 0.1) is 51.7 Å². The number of fused-ring (bicyclic) bond motifs is 4. The number of methoxy groups -OCH3 is 2. The average Bonchev–Trinajstić information content (AvgIpc) is 3.56. The Kier molecular flexibility index (Phi) is 9.94. The minimum atomic E-state index is -1.57. The van der Waals surface area contributed by atoms with Crippen LogP contribution in [0.2, 0.25) is 10.0 Å². The first-order valence-corrected chi connectivity index (χ1v) is 19.9. The van der Waals surface area contributed by atoms with Crippen molar-refractivity contribution in [1.29, 1.82) is 0 Å². The SMILES string of the molecule is COc1ccc([C@@]23C(=O)N(Nc4ccc(Cl)cc4Cl)C(=O)[C@@H]2C[C@@H]2C(=CC[C@@H]4C(=O)N(CCc5ccc(O)cc5)C(=O)[C@@H]42)[C@@H]3c2cc(I)c(O)c(OC)c2)cc1. The van der Waals surface area contributed by atoms with E-state index in [0.29, 0.717) is 31.9 Å². The molecular weight excluding hydrogens is 872 g/mol. The van der Waals surface area contributed by atoms with Crippen LogP contribution >= 0.6 is 45.8 Å². The lowest BCUT2D eigenvalue weighted by Gasteiger charge is -2.50. The summed E-state index contributed by atoms with van der Waals surface area (Å²) in [6, 6.07) is 21.8. The van der Waals surface area contributed by atoms with Crippen LogP contribution in [0, 0.1) is 27.2 Å². The number of nitrogens with zero attached hydrogens (tertiary/aromatic N) is 2. The lowest BCUT2D eigenvalue weighted by Crippen LogP contribution is -2.53. The summed E-state index contributed by atoms with van der Waals surface area (Å²) in [5.74, 6) is -4.74. The number of likely N-dealkylation sites (tertiary alicyclic amines) is 1. The van der Waals surface area contributed by atoms with Crippen LogP contribution in [0.25, 0.3) is 0 Å². The molecule has 8 rings (SSSR count). The van der Waals surface area contributed by atoms with Gasteiger partial charge in [-0.05, 0) is 119 Å². The number of allylic oxidation sites excluding steroid dienone is 2. The number of anilines is 1. The third-order valence-corrected chi connectivity index (χ3v) is 13.2. The number of nitrogens with one attached hydrogen (secondary N) is 1. The first-order valence-electron chi connectivity index (χ1n) is 18.0. The van der Waals surface area contributed by atoms with Gasteiger partial charge in [0.1, 0.15) is 11.5 Å². The summed E-state index contributed by atoms with van der Waals surface area (Å²) < 4.78 is 11.6. The number of aromatic hydroxyl groups is 2. The fourth-order valence-corrected chi connectivity index (χ4v) is 10.4. The second kappa shape index (κ2) is 14.6. The van der Waals surface area contributed by atoms with E-state index < -0.39 is 46.8 Å². The minimum absolute atomic E-state index is 0.0766. The van der Waals surface area contributed by atoms with E-state index in [0.717, 1.165) is 16.1 Å². The Labute approximate surface area is 346 Å². The van der Waals surface area contributed by atoms with Crippen LogP contribution in [0.15, 0.2) is 90.5 Å². The number of halogens is 3. The number of phenols is 2. The van der Waals surface area contributed by atoms with E-state index in [1.165, 1.54) is 25.2 Å². The highest BCUT2D eigenvalue weighted by Crippen LogP contribution is 2.64. The maximum atomic E-state index is 15.5. The van der Waals surface area contributed by atoms with Gasteiger partial charge in [0.25, 0.3) is 11.8 Å². The number of carbonyl (C=O) groups excluding carboxylic acids is 4. The molecule has 2 heterocycles. The Morgan fingerprint density at radius 1 is 0.875 bits per heavy atom. The molecule has 2 aliphatic heterocycles. The van der Waals surface area contributed by atoms with E-state index in [1.807, 2.05) is 28.7 Å². The fraction of sp³-hybridized carbons (Fsp3) is 0.286. The van der Waals surface area contributed by atoms with Crippen molar-refractivity contribution in [1.82, 2.24) is 9.91 Å². The Hall–Kier alpha value is -4.79. The van der Waals surface area contributed by atoms with Gasteiger partial charge in [-0.15, -0.1) is 0 Å². The number of phenolic OH excluding ortho intramolecular Hbond substituents is 2. The fourth-order valence-electron chi connectivity index (χ4n) is 9.32. The second-order valence-corrected chi connectivity index (χ2v) is 16.5. The van der Waals surface area contributed by atoms with Crippen molar-refractivity contribution in [2.75, 3.05) is 26.2 Å². The summed E-state index contributed by atoms with van der Waals surface area (Å²) in [4.78, 5) is 60.4. The molecule has 3 fully saturated rings. The van der Waals surface area contributed by atoms with Crippen molar-refractivity contribution in [3.05, 3.63) is 121 Å². The first-order chi connectivity index (χ1) is 26.9. The van der Waals surface area contributed by atoms with Crippen molar-refractivity contribution in [3.8, 4) is 23.0 Å². The quantitative estimate of drug-likeness (QED) is 0.0899. The smallest absolute Gasteiger partial charge is 0.260 e. The third-order valence-electron chi connectivity index (χ3n) is 11.8. The van der Waals surface area contributed by atoms with Crippen molar-refractivity contribution < 1.29 is 38.9 Å². The molecule has 4 aromatic carbocycles. The maximum Gasteiger partial charge on any atom is 0.260 e. The summed E-state index contributed by atoms with van der Waals surface area (Å²) in [5.41, 5.74) is 4.48. The van der Waals surface area contributed by atoms with Gasteiger partial charge < -0.3 is 19.7 Å². The molecule has 14 heteroatoms. The van der Waals surface area contributed by atoms with Crippen LogP contribution in [0.1, 0.15) is 35.4 Å². The van der Waals surface area contributed by atoms with Gasteiger partial charge in [0, 0.05) is 17.5 Å². The molecule has 288 valence electrons. The predicted molar refractivity (Wildman–Crippen MR) is 217 cm³/mol. The van der Waals surface area contributed by atoms with Gasteiger partial charge >= 0.3 is 0 Å². The molecule has 6 atom stereocenters. The number of rotatable bonds is 9. The van der Waals surface area contributed by atoms with Crippen LogP contribution < -0.4 is 14.9 Å². The van der Waals surface area contributed by atoms with Crippen LogP contribution in [-0.4, -0.2) is 64.5 Å². The zero-order valence-corrected chi connectivity index (χ0v) is 33.8. The number of carbonyl (C=O) groups is 4. The number of amides is 4. The van der Waals surface area contributed by atoms with Crippen LogP contribution in [-0.2, 0) is 31.0 Å². The Bertz CT molecular complexity index is 2320. The van der Waals surface area contributed by atoms with Gasteiger partial charge in [-0.25, -0.2) is 0 Å². The van der Waals surface area contributed by atoms with E-state index in [4.69, 9.17) is 32.7 Å². The summed E-state index contributed by atoms with van der Waals surface area (Å²) in [7, 11) is 2.98. The molecule has 0 aromatic heterocycles. The summed E-state index contributed by atoms with van der Waals surface area (Å²) >= 11 is 14.8. The molecule has 0 unspecified atom stereocenters. The van der Waals surface area contributed by atoms with Crippen molar-refractivity contribution >= 4 is 75.1 Å². The van der Waals surface area contributed by atoms with E-state index in [-0.39, 0.29) is 59.2 Å². The van der Waals surface area contributed by atoms with Crippen LogP contribution in [0.5, 0.6) is 23.0 Å². The molecule has 0 bridgehead atoms. The highest BCUT2D eigenvalue weighted by molar-refractivity contribution is 14.1. The highest BCUT2D eigenvalue weighted by Gasteiger charge is 2.70. The van der Waals surface area contributed by atoms with Crippen LogP contribution in [0.3, 0.4) is 0 Å². The largest absolute Gasteiger partial charge is 0.508 e. The standard InChI is InChI=1S/C42H36Cl2IN3O8/c1-55-26-10-5-23(6-11-26)42-30(39(52)48(41(42)54)46-33-14-7-24(43)19-31(33)44)20-29-27(36(42)22-17-32(45)37(50)34(18-22)56-2)12-13-28-35(29)40(53)47(38(28)51)16-15-21-3-8-25(49)9-4-21/h3-12,14,17-19,28-30,35-36,46,49-50H,13,15-16,20H2,1-2H3/t28-,29+,30-,35-,36-,42+/m0/s1. The van der Waals surface area contributed by atoms with Gasteiger partial charge in [0.2, 0.25) is 11.8 Å². The summed E-state index contributed by atoms with van der Waals surface area (Å²) in [6.45, 7) is 0.157. The molecule has 0 radical (unpaired) electrons. The molecule has 56 heavy (non-hydrogen) atoms. The number of hydrogen-bond acceptors (Lipinski definition) is 9. The lowest BCUT2D eigenvalue weighted by molar-refractivity contribution is -0.141. The predicted octanol–water partition coefficient (Wildman–Crippen LogP) is 7.25. The van der Waals surface area contributed by atoms with E-state index in [2.05, 4.69) is 5.43 Å². The molecule has 0 spiro atoms. The second-order valence-electron chi connectivity index (χ2n) is 14.5. The molecule has 2 aliphatic carbocycles. The van der Waals surface area contributed by atoms with E-state index >= 15 is 4.79 Å². The molecule has 4 amide bonds. The molecule has 4 aliphatic rings. The summed E-state index contributed by atoms with van der Waals surface area (Å²) in [5, 5.41) is 22.3. The molecule has 1 saturated carbocycles.